The van der Waals surface area contributed by atoms with Crippen LogP contribution in [0.4, 0.5) is 0 Å². The highest BCUT2D eigenvalue weighted by Gasteiger charge is 2.43. The van der Waals surface area contributed by atoms with E-state index in [1.54, 1.807) is 11.3 Å². The molecule has 0 aromatic carbocycles. The highest BCUT2D eigenvalue weighted by atomic mass is 32.1. The van der Waals surface area contributed by atoms with Crippen LogP contribution in [0.1, 0.15) is 13.8 Å². The highest BCUT2D eigenvalue weighted by Crippen LogP contribution is 2.29. The molecule has 0 spiro atoms. The predicted octanol–water partition coefficient (Wildman–Crippen LogP) is 1.78. The lowest BCUT2D eigenvalue weighted by molar-refractivity contribution is 0.173. The fourth-order valence-corrected chi connectivity index (χ4v) is 1.85. The Hall–Kier alpha value is -0.735. The Labute approximate surface area is 82.3 Å². The summed E-state index contributed by atoms with van der Waals surface area (Å²) >= 11 is 1.63. The fraction of sp³-hybridized carbons (Fsp3) is 0.333. The van der Waals surface area contributed by atoms with Gasteiger partial charge in [-0.2, -0.15) is 11.3 Å². The van der Waals surface area contributed by atoms with Crippen LogP contribution in [0.2, 0.25) is 0 Å². The van der Waals surface area contributed by atoms with Crippen molar-refractivity contribution in [2.75, 3.05) is 0 Å². The summed E-state index contributed by atoms with van der Waals surface area (Å²) in [5.74, 6) is 0.700. The molecule has 0 bridgehead atoms. The third kappa shape index (κ3) is 1.51. The van der Waals surface area contributed by atoms with Crippen molar-refractivity contribution in [3.8, 4) is 0 Å². The quantitative estimate of drug-likeness (QED) is 0.634. The zero-order chi connectivity index (χ0) is 9.47. The average Bonchev–Trinajstić information content (AvgIpc) is 2.60. The van der Waals surface area contributed by atoms with Crippen molar-refractivity contribution >= 4 is 23.2 Å². The summed E-state index contributed by atoms with van der Waals surface area (Å²) in [6.45, 7) is 7.75. The number of thiophene rings is 1. The van der Waals surface area contributed by atoms with Crippen molar-refractivity contribution in [1.29, 1.82) is 0 Å². The molecule has 1 aliphatic rings. The van der Waals surface area contributed by atoms with Crippen LogP contribution in [0.25, 0.3) is 0 Å². The van der Waals surface area contributed by atoms with Crippen molar-refractivity contribution in [3.63, 3.8) is 0 Å². The van der Waals surface area contributed by atoms with Crippen LogP contribution in [0, 0.1) is 0 Å². The van der Waals surface area contributed by atoms with Crippen molar-refractivity contribution < 1.29 is 9.31 Å². The van der Waals surface area contributed by atoms with Gasteiger partial charge in [0, 0.05) is 4.78 Å². The third-order valence-corrected chi connectivity index (χ3v) is 2.99. The van der Waals surface area contributed by atoms with E-state index in [0.717, 1.165) is 4.78 Å². The zero-order valence-electron chi connectivity index (χ0n) is 7.74. The molecular formula is C9H11BO2S. The van der Waals surface area contributed by atoms with E-state index in [2.05, 4.69) is 6.58 Å². The summed E-state index contributed by atoms with van der Waals surface area (Å²) < 4.78 is 12.3. The van der Waals surface area contributed by atoms with Gasteiger partial charge in [0.25, 0.3) is 0 Å². The van der Waals surface area contributed by atoms with Crippen LogP contribution in [-0.2, 0) is 9.31 Å². The van der Waals surface area contributed by atoms with Crippen molar-refractivity contribution in [1.82, 2.24) is 0 Å². The molecule has 4 heteroatoms. The molecule has 13 heavy (non-hydrogen) atoms. The Kier molecular flexibility index (Phi) is 1.97. The van der Waals surface area contributed by atoms with Gasteiger partial charge in [-0.3, -0.25) is 0 Å². The molecule has 0 N–H and O–H groups in total. The Balaban J connectivity index is 2.19. The average molecular weight is 194 g/mol. The minimum absolute atomic E-state index is 0.262. The van der Waals surface area contributed by atoms with Gasteiger partial charge in [0.05, 0.1) is 5.76 Å². The van der Waals surface area contributed by atoms with E-state index < -0.39 is 0 Å². The van der Waals surface area contributed by atoms with E-state index in [4.69, 9.17) is 9.31 Å². The maximum atomic E-state index is 5.69. The summed E-state index contributed by atoms with van der Waals surface area (Å²) in [5, 5.41) is 2.01. The highest BCUT2D eigenvalue weighted by molar-refractivity contribution is 7.20. The predicted molar refractivity (Wildman–Crippen MR) is 55.1 cm³/mol. The lowest BCUT2D eigenvalue weighted by Gasteiger charge is -2.15. The molecule has 2 rings (SSSR count). The number of rotatable bonds is 1. The lowest BCUT2D eigenvalue weighted by atomic mass is 9.88. The molecule has 2 nitrogen and oxygen atoms in total. The van der Waals surface area contributed by atoms with E-state index in [1.165, 1.54) is 0 Å². The maximum Gasteiger partial charge on any atom is 0.574 e. The first-order valence-corrected chi connectivity index (χ1v) is 5.05. The van der Waals surface area contributed by atoms with Crippen LogP contribution >= 0.6 is 11.3 Å². The molecule has 1 aromatic heterocycles. The van der Waals surface area contributed by atoms with Gasteiger partial charge in [-0.25, -0.2) is 0 Å². The van der Waals surface area contributed by atoms with Gasteiger partial charge in [0.2, 0.25) is 0 Å². The fourth-order valence-electron chi connectivity index (χ4n) is 1.17. The lowest BCUT2D eigenvalue weighted by Crippen LogP contribution is -2.32. The van der Waals surface area contributed by atoms with Crippen molar-refractivity contribution in [2.45, 2.75) is 19.4 Å². The van der Waals surface area contributed by atoms with E-state index in [0.29, 0.717) is 5.76 Å². The molecule has 0 saturated carbocycles. The zero-order valence-corrected chi connectivity index (χ0v) is 8.56. The monoisotopic (exact) mass is 194 g/mol. The Bertz CT molecular complexity index is 318. The summed E-state index contributed by atoms with van der Waals surface area (Å²) in [6, 6.07) is 3.99. The SMILES string of the molecule is C=C1OB(c2cccs2)OC1(C)C. The molecule has 0 amide bonds. The second-order valence-electron chi connectivity index (χ2n) is 3.52. The molecule has 0 radical (unpaired) electrons. The summed E-state index contributed by atoms with van der Waals surface area (Å²) in [7, 11) is -0.262. The van der Waals surface area contributed by atoms with Gasteiger partial charge in [0.15, 0.2) is 0 Å². The van der Waals surface area contributed by atoms with Crippen LogP contribution in [-0.4, -0.2) is 12.7 Å². The van der Waals surface area contributed by atoms with Crippen molar-refractivity contribution in [2.24, 2.45) is 0 Å². The molecule has 0 unspecified atom stereocenters. The van der Waals surface area contributed by atoms with Gasteiger partial charge in [-0.1, -0.05) is 18.7 Å². The first-order valence-electron chi connectivity index (χ1n) is 4.17. The minimum atomic E-state index is -0.366. The van der Waals surface area contributed by atoms with E-state index in [9.17, 15) is 0 Å². The first-order chi connectivity index (χ1) is 6.09. The Morgan fingerprint density at radius 2 is 2.31 bits per heavy atom. The molecule has 0 atom stereocenters. The van der Waals surface area contributed by atoms with E-state index in [-0.39, 0.29) is 12.7 Å². The number of hydrogen-bond acceptors (Lipinski definition) is 3. The Morgan fingerprint density at radius 3 is 2.77 bits per heavy atom. The van der Waals surface area contributed by atoms with Gasteiger partial charge in [-0.15, -0.1) is 0 Å². The second-order valence-corrected chi connectivity index (χ2v) is 4.50. The summed E-state index contributed by atoms with van der Waals surface area (Å²) in [6.07, 6.45) is 0. The standard InChI is InChI=1S/C9H11BO2S/c1-7-9(2,3)12-10(11-7)8-5-4-6-13-8/h4-6H,1H2,2-3H3. The van der Waals surface area contributed by atoms with E-state index in [1.807, 2.05) is 31.4 Å². The topological polar surface area (TPSA) is 18.5 Å². The smallest absolute Gasteiger partial charge is 0.533 e. The largest absolute Gasteiger partial charge is 0.574 e. The molecule has 1 aliphatic heterocycles. The van der Waals surface area contributed by atoms with Gasteiger partial charge in [-0.05, 0) is 19.2 Å². The summed E-state index contributed by atoms with van der Waals surface area (Å²) in [4.78, 5) is 0. The molecule has 2 heterocycles. The van der Waals surface area contributed by atoms with Crippen LogP contribution in [0.3, 0.4) is 0 Å². The molecule has 1 saturated heterocycles. The van der Waals surface area contributed by atoms with Gasteiger partial charge in [0.1, 0.15) is 5.60 Å². The van der Waals surface area contributed by atoms with Crippen LogP contribution in [0.5, 0.6) is 0 Å². The molecule has 1 fully saturated rings. The van der Waals surface area contributed by atoms with Crippen molar-refractivity contribution in [3.05, 3.63) is 29.9 Å². The second kappa shape index (κ2) is 2.89. The first kappa shape index (κ1) is 8.85. The molecule has 68 valence electrons. The maximum absolute atomic E-state index is 5.69. The molecular weight excluding hydrogens is 183 g/mol. The van der Waals surface area contributed by atoms with Gasteiger partial charge < -0.3 is 9.31 Å². The van der Waals surface area contributed by atoms with Crippen LogP contribution < -0.4 is 4.78 Å². The minimum Gasteiger partial charge on any atom is -0.533 e. The normalized spacial score (nSPS) is 20.5. The third-order valence-electron chi connectivity index (χ3n) is 2.10. The summed E-state index contributed by atoms with van der Waals surface area (Å²) in [5.41, 5.74) is -0.366. The van der Waals surface area contributed by atoms with E-state index >= 15 is 0 Å². The van der Waals surface area contributed by atoms with Crippen LogP contribution in [0.15, 0.2) is 29.9 Å². The number of hydrogen-bond donors (Lipinski definition) is 0. The molecule has 0 aliphatic carbocycles. The Morgan fingerprint density at radius 1 is 1.54 bits per heavy atom. The molecule has 1 aromatic rings. The van der Waals surface area contributed by atoms with Gasteiger partial charge >= 0.3 is 7.12 Å².